The number of aromatic nitrogens is 1. The molecule has 0 saturated carbocycles. The van der Waals surface area contributed by atoms with Crippen molar-refractivity contribution in [1.82, 2.24) is 4.57 Å². The van der Waals surface area contributed by atoms with Gasteiger partial charge in [0.2, 0.25) is 0 Å². The summed E-state index contributed by atoms with van der Waals surface area (Å²) in [7, 11) is 0. The van der Waals surface area contributed by atoms with Gasteiger partial charge in [0.15, 0.2) is 0 Å². The fourth-order valence-corrected chi connectivity index (χ4v) is 2.13. The van der Waals surface area contributed by atoms with Crippen LogP contribution in [0.15, 0.2) is 24.3 Å². The predicted octanol–water partition coefficient (Wildman–Crippen LogP) is 2.12. The van der Waals surface area contributed by atoms with E-state index in [4.69, 9.17) is 10.2 Å². The molecular weight excluding hydrogens is 234 g/mol. The molecule has 0 spiro atoms. The highest BCUT2D eigenvalue weighted by atomic mass is 16.4. The maximum absolute atomic E-state index is 11.2. The maximum Gasteiger partial charge on any atom is 0.352 e. The number of hydrogen-bond donors (Lipinski definition) is 2. The molecule has 1 aromatic heterocycles. The molecule has 0 radical (unpaired) electrons. The molecule has 94 valence electrons. The van der Waals surface area contributed by atoms with Crippen molar-refractivity contribution in [2.24, 2.45) is 0 Å². The van der Waals surface area contributed by atoms with E-state index in [1.165, 1.54) is 0 Å². The van der Waals surface area contributed by atoms with Crippen LogP contribution in [0.5, 0.6) is 0 Å². The average Bonchev–Trinajstić information content (AvgIpc) is 2.66. The van der Waals surface area contributed by atoms with E-state index in [2.05, 4.69) is 0 Å². The first-order valence-corrected chi connectivity index (χ1v) is 5.54. The van der Waals surface area contributed by atoms with Gasteiger partial charge in [0.05, 0.1) is 11.9 Å². The number of para-hydroxylation sites is 1. The molecule has 18 heavy (non-hydrogen) atoms. The molecule has 5 nitrogen and oxygen atoms in total. The predicted molar refractivity (Wildman–Crippen MR) is 65.9 cm³/mol. The Morgan fingerprint density at radius 2 is 2.00 bits per heavy atom. The Kier molecular flexibility index (Phi) is 3.06. The van der Waals surface area contributed by atoms with Gasteiger partial charge in [-0.25, -0.2) is 4.79 Å². The van der Waals surface area contributed by atoms with Gasteiger partial charge >= 0.3 is 11.9 Å². The molecule has 5 heteroatoms. The quantitative estimate of drug-likeness (QED) is 0.867. The summed E-state index contributed by atoms with van der Waals surface area (Å²) < 4.78 is 1.56. The van der Waals surface area contributed by atoms with Crippen LogP contribution in [0.2, 0.25) is 0 Å². The Balaban J connectivity index is 2.61. The fraction of sp³-hybridized carbons (Fsp3) is 0.231. The Morgan fingerprint density at radius 1 is 1.28 bits per heavy atom. The van der Waals surface area contributed by atoms with Crippen molar-refractivity contribution in [3.8, 4) is 0 Å². The number of aryl methyl sites for hydroxylation is 2. The smallest absolute Gasteiger partial charge is 0.352 e. The number of benzene rings is 1. The van der Waals surface area contributed by atoms with Crippen LogP contribution in [0.4, 0.5) is 0 Å². The number of aliphatic carboxylic acids is 1. The van der Waals surface area contributed by atoms with Gasteiger partial charge in [0.25, 0.3) is 0 Å². The minimum absolute atomic E-state index is 0.0988. The minimum atomic E-state index is -1.05. The summed E-state index contributed by atoms with van der Waals surface area (Å²) >= 11 is 0. The monoisotopic (exact) mass is 247 g/mol. The summed E-state index contributed by atoms with van der Waals surface area (Å²) in [5, 5.41) is 18.7. The maximum atomic E-state index is 11.2. The molecule has 0 amide bonds. The Morgan fingerprint density at radius 3 is 2.61 bits per heavy atom. The first-order chi connectivity index (χ1) is 8.50. The van der Waals surface area contributed by atoms with E-state index in [1.54, 1.807) is 10.6 Å². The highest BCUT2D eigenvalue weighted by molar-refractivity contribution is 5.95. The summed E-state index contributed by atoms with van der Waals surface area (Å²) in [6, 6.07) is 7.13. The van der Waals surface area contributed by atoms with Crippen molar-refractivity contribution in [3.05, 3.63) is 35.5 Å². The summed E-state index contributed by atoms with van der Waals surface area (Å²) in [4.78, 5) is 21.8. The van der Waals surface area contributed by atoms with Crippen LogP contribution in [0, 0.1) is 6.92 Å². The number of fused-ring (bicyclic) bond motifs is 1. The number of aromatic carboxylic acids is 1. The second-order valence-corrected chi connectivity index (χ2v) is 4.14. The van der Waals surface area contributed by atoms with Crippen LogP contribution in [0.1, 0.15) is 22.5 Å². The zero-order chi connectivity index (χ0) is 13.3. The topological polar surface area (TPSA) is 79.5 Å². The first kappa shape index (κ1) is 12.2. The van der Waals surface area contributed by atoms with Crippen LogP contribution in [-0.2, 0) is 11.3 Å². The molecule has 0 aliphatic carbocycles. The highest BCUT2D eigenvalue weighted by Gasteiger charge is 2.16. The number of rotatable bonds is 4. The average molecular weight is 247 g/mol. The Bertz CT molecular complexity index is 627. The van der Waals surface area contributed by atoms with E-state index in [0.717, 1.165) is 16.5 Å². The molecule has 0 aliphatic heterocycles. The van der Waals surface area contributed by atoms with Gasteiger partial charge in [0, 0.05) is 11.9 Å². The second-order valence-electron chi connectivity index (χ2n) is 4.14. The van der Waals surface area contributed by atoms with Gasteiger partial charge < -0.3 is 14.8 Å². The van der Waals surface area contributed by atoms with Gasteiger partial charge in [-0.3, -0.25) is 4.79 Å². The normalized spacial score (nSPS) is 10.7. The van der Waals surface area contributed by atoms with Crippen molar-refractivity contribution >= 4 is 22.8 Å². The van der Waals surface area contributed by atoms with Crippen LogP contribution in [0.3, 0.4) is 0 Å². The van der Waals surface area contributed by atoms with Gasteiger partial charge in [-0.2, -0.15) is 0 Å². The lowest BCUT2D eigenvalue weighted by Gasteiger charge is -2.08. The van der Waals surface area contributed by atoms with E-state index < -0.39 is 11.9 Å². The van der Waals surface area contributed by atoms with E-state index in [-0.39, 0.29) is 18.7 Å². The molecule has 0 bridgehead atoms. The number of carboxylic acids is 2. The third-order valence-corrected chi connectivity index (χ3v) is 2.89. The largest absolute Gasteiger partial charge is 0.481 e. The molecule has 2 rings (SSSR count). The lowest BCUT2D eigenvalue weighted by atomic mass is 10.2. The third-order valence-electron chi connectivity index (χ3n) is 2.89. The molecule has 0 aliphatic rings. The third kappa shape index (κ3) is 2.07. The highest BCUT2D eigenvalue weighted by Crippen LogP contribution is 2.23. The number of carboxylic acid groups (broad SMARTS) is 2. The van der Waals surface area contributed by atoms with Gasteiger partial charge in [-0.1, -0.05) is 18.2 Å². The Hall–Kier alpha value is -2.30. The van der Waals surface area contributed by atoms with E-state index in [1.807, 2.05) is 25.1 Å². The van der Waals surface area contributed by atoms with Gasteiger partial charge in [-0.05, 0) is 18.6 Å². The summed E-state index contributed by atoms with van der Waals surface area (Å²) in [6.45, 7) is 2.04. The van der Waals surface area contributed by atoms with E-state index >= 15 is 0 Å². The van der Waals surface area contributed by atoms with Crippen molar-refractivity contribution in [1.29, 1.82) is 0 Å². The van der Waals surface area contributed by atoms with E-state index in [9.17, 15) is 9.59 Å². The lowest BCUT2D eigenvalue weighted by Crippen LogP contribution is -2.11. The lowest BCUT2D eigenvalue weighted by molar-refractivity contribution is -0.137. The van der Waals surface area contributed by atoms with Crippen LogP contribution < -0.4 is 0 Å². The van der Waals surface area contributed by atoms with Crippen LogP contribution >= 0.6 is 0 Å². The Labute approximate surface area is 103 Å². The van der Waals surface area contributed by atoms with Crippen molar-refractivity contribution < 1.29 is 19.8 Å². The fourth-order valence-electron chi connectivity index (χ4n) is 2.13. The SMILES string of the molecule is Cc1cccc2cc(C(=O)O)n(CCC(=O)O)c12. The summed E-state index contributed by atoms with van der Waals surface area (Å²) in [5.74, 6) is -1.99. The van der Waals surface area contributed by atoms with Crippen LogP contribution in [0.25, 0.3) is 10.9 Å². The van der Waals surface area contributed by atoms with Crippen molar-refractivity contribution in [3.63, 3.8) is 0 Å². The molecule has 0 atom stereocenters. The zero-order valence-electron chi connectivity index (χ0n) is 9.88. The van der Waals surface area contributed by atoms with Gasteiger partial charge in [0.1, 0.15) is 5.69 Å². The molecule has 1 aromatic carbocycles. The molecule has 1 heterocycles. The van der Waals surface area contributed by atoms with Crippen LogP contribution in [-0.4, -0.2) is 26.7 Å². The summed E-state index contributed by atoms with van der Waals surface area (Å²) in [5.41, 5.74) is 1.85. The number of carbonyl (C=O) groups is 2. The molecular formula is C13H13NO4. The summed E-state index contributed by atoms with van der Waals surface area (Å²) in [6.07, 6.45) is -0.0988. The standard InChI is InChI=1S/C13H13NO4/c1-8-3-2-4-9-7-10(13(17)18)14(12(8)9)6-5-11(15)16/h2-4,7H,5-6H2,1H3,(H,15,16)(H,17,18). The molecule has 0 saturated heterocycles. The zero-order valence-corrected chi connectivity index (χ0v) is 9.88. The van der Waals surface area contributed by atoms with E-state index in [0.29, 0.717) is 0 Å². The second kappa shape index (κ2) is 4.52. The minimum Gasteiger partial charge on any atom is -0.481 e. The molecule has 2 N–H and O–H groups in total. The number of hydrogen-bond acceptors (Lipinski definition) is 2. The van der Waals surface area contributed by atoms with Crippen molar-refractivity contribution in [2.75, 3.05) is 0 Å². The number of nitrogens with zero attached hydrogens (tertiary/aromatic N) is 1. The molecule has 0 fully saturated rings. The molecule has 2 aromatic rings. The van der Waals surface area contributed by atoms with Crippen molar-refractivity contribution in [2.45, 2.75) is 19.9 Å². The first-order valence-electron chi connectivity index (χ1n) is 5.54. The molecule has 0 unspecified atom stereocenters. The van der Waals surface area contributed by atoms with Gasteiger partial charge in [-0.15, -0.1) is 0 Å².